The van der Waals surface area contributed by atoms with Gasteiger partial charge >= 0.3 is 5.97 Å². The second-order valence-corrected chi connectivity index (χ2v) is 4.47. The van der Waals surface area contributed by atoms with Crippen LogP contribution in [0.1, 0.15) is 15.9 Å². The zero-order chi connectivity index (χ0) is 12.3. The number of carboxylic acid groups (broad SMARTS) is 1. The van der Waals surface area contributed by atoms with Gasteiger partial charge in [-0.25, -0.2) is 9.78 Å². The van der Waals surface area contributed by atoms with Crippen molar-refractivity contribution < 1.29 is 9.90 Å². The van der Waals surface area contributed by atoms with Crippen LogP contribution >= 0.6 is 22.9 Å². The van der Waals surface area contributed by atoms with Crippen molar-refractivity contribution >= 4 is 34.7 Å². The highest BCUT2D eigenvalue weighted by molar-refractivity contribution is 7.07. The summed E-state index contributed by atoms with van der Waals surface area (Å²) >= 11 is 7.54. The van der Waals surface area contributed by atoms with Gasteiger partial charge in [-0.3, -0.25) is 0 Å². The minimum atomic E-state index is -1.06. The second-order valence-electron chi connectivity index (χ2n) is 3.31. The number of hydrogen-bond acceptors (Lipinski definition) is 4. The van der Waals surface area contributed by atoms with Crippen molar-refractivity contribution in [1.29, 1.82) is 0 Å². The van der Waals surface area contributed by atoms with Crippen molar-refractivity contribution in [3.05, 3.63) is 45.2 Å². The van der Waals surface area contributed by atoms with Crippen LogP contribution in [-0.2, 0) is 6.54 Å². The lowest BCUT2D eigenvalue weighted by atomic mass is 10.2. The quantitative estimate of drug-likeness (QED) is 0.894. The number of halogens is 1. The van der Waals surface area contributed by atoms with Crippen LogP contribution in [0.25, 0.3) is 0 Å². The van der Waals surface area contributed by atoms with Crippen molar-refractivity contribution in [3.63, 3.8) is 0 Å². The molecule has 88 valence electrons. The van der Waals surface area contributed by atoms with E-state index in [9.17, 15) is 4.79 Å². The molecule has 0 aliphatic rings. The van der Waals surface area contributed by atoms with E-state index < -0.39 is 5.97 Å². The van der Waals surface area contributed by atoms with Gasteiger partial charge in [0.2, 0.25) is 0 Å². The highest BCUT2D eigenvalue weighted by Crippen LogP contribution is 2.24. The number of carboxylic acids is 1. The maximum atomic E-state index is 10.9. The van der Waals surface area contributed by atoms with E-state index in [0.717, 1.165) is 5.56 Å². The third-order valence-electron chi connectivity index (χ3n) is 2.16. The van der Waals surface area contributed by atoms with Gasteiger partial charge in [-0.2, -0.15) is 11.3 Å². The summed E-state index contributed by atoms with van der Waals surface area (Å²) in [4.78, 5) is 14.9. The highest BCUT2D eigenvalue weighted by Gasteiger charge is 2.12. The summed E-state index contributed by atoms with van der Waals surface area (Å²) in [5.74, 6) is -0.672. The van der Waals surface area contributed by atoms with Crippen molar-refractivity contribution in [1.82, 2.24) is 4.98 Å². The number of thiophene rings is 1. The Hall–Kier alpha value is -1.59. The first-order chi connectivity index (χ1) is 8.18. The van der Waals surface area contributed by atoms with Crippen LogP contribution in [0.3, 0.4) is 0 Å². The number of hydrogen-bond donors (Lipinski definition) is 2. The largest absolute Gasteiger partial charge is 0.478 e. The van der Waals surface area contributed by atoms with Crippen LogP contribution in [0.2, 0.25) is 5.02 Å². The monoisotopic (exact) mass is 268 g/mol. The molecule has 0 atom stereocenters. The van der Waals surface area contributed by atoms with Gasteiger partial charge in [0, 0.05) is 12.7 Å². The van der Waals surface area contributed by atoms with Gasteiger partial charge in [-0.15, -0.1) is 0 Å². The summed E-state index contributed by atoms with van der Waals surface area (Å²) in [5, 5.41) is 16.0. The number of nitrogens with one attached hydrogen (secondary N) is 1. The molecule has 0 aliphatic carbocycles. The maximum absolute atomic E-state index is 10.9. The van der Waals surface area contributed by atoms with Gasteiger partial charge in [0.15, 0.2) is 0 Å². The molecule has 17 heavy (non-hydrogen) atoms. The Kier molecular flexibility index (Phi) is 3.61. The standard InChI is InChI=1S/C11H9ClN2O2S/c12-9-8(11(15)16)1-3-13-10(9)14-5-7-2-4-17-6-7/h1-4,6H,5H2,(H,13,14)(H,15,16). The maximum Gasteiger partial charge on any atom is 0.337 e. The lowest BCUT2D eigenvalue weighted by Crippen LogP contribution is -2.05. The fourth-order valence-corrected chi connectivity index (χ4v) is 2.24. The Morgan fingerprint density at radius 3 is 3.00 bits per heavy atom. The van der Waals surface area contributed by atoms with E-state index in [0.29, 0.717) is 12.4 Å². The molecule has 0 aliphatic heterocycles. The number of rotatable bonds is 4. The molecule has 2 rings (SSSR count). The van der Waals surface area contributed by atoms with E-state index in [-0.39, 0.29) is 10.6 Å². The van der Waals surface area contributed by atoms with Crippen LogP contribution in [0.5, 0.6) is 0 Å². The Morgan fingerprint density at radius 1 is 1.53 bits per heavy atom. The molecule has 0 spiro atoms. The molecule has 0 fully saturated rings. The van der Waals surface area contributed by atoms with Crippen LogP contribution in [0, 0.1) is 0 Å². The normalized spacial score (nSPS) is 10.2. The van der Waals surface area contributed by atoms with E-state index >= 15 is 0 Å². The molecule has 0 unspecified atom stereocenters. The summed E-state index contributed by atoms with van der Waals surface area (Å²) < 4.78 is 0. The Bertz CT molecular complexity index is 528. The summed E-state index contributed by atoms with van der Waals surface area (Å²) in [6, 6.07) is 3.35. The smallest absolute Gasteiger partial charge is 0.337 e. The van der Waals surface area contributed by atoms with E-state index in [2.05, 4.69) is 10.3 Å². The Morgan fingerprint density at radius 2 is 2.35 bits per heavy atom. The lowest BCUT2D eigenvalue weighted by molar-refractivity contribution is 0.0697. The van der Waals surface area contributed by atoms with Gasteiger partial charge in [-0.1, -0.05) is 11.6 Å². The molecule has 2 N–H and O–H groups in total. The second kappa shape index (κ2) is 5.16. The van der Waals surface area contributed by atoms with Gasteiger partial charge < -0.3 is 10.4 Å². The molecule has 0 amide bonds. The Balaban J connectivity index is 2.16. The number of carbonyl (C=O) groups is 1. The summed E-state index contributed by atoms with van der Waals surface area (Å²) in [6.07, 6.45) is 1.42. The zero-order valence-corrected chi connectivity index (χ0v) is 10.3. The molecule has 4 nitrogen and oxygen atoms in total. The molecule has 0 radical (unpaired) electrons. The third kappa shape index (κ3) is 2.75. The third-order valence-corrected chi connectivity index (χ3v) is 3.27. The average molecular weight is 269 g/mol. The van der Waals surface area contributed by atoms with Gasteiger partial charge in [-0.05, 0) is 28.5 Å². The van der Waals surface area contributed by atoms with Gasteiger partial charge in [0.05, 0.1) is 10.6 Å². The Labute approximate surface area is 107 Å². The van der Waals surface area contributed by atoms with Gasteiger partial charge in [0.1, 0.15) is 5.82 Å². The van der Waals surface area contributed by atoms with E-state index in [1.54, 1.807) is 11.3 Å². The van der Waals surface area contributed by atoms with Crippen molar-refractivity contribution in [2.75, 3.05) is 5.32 Å². The number of aromatic nitrogens is 1. The summed E-state index contributed by atoms with van der Waals surface area (Å²) in [7, 11) is 0. The molecular formula is C11H9ClN2O2S. The molecule has 0 saturated heterocycles. The molecule has 0 bridgehead atoms. The molecular weight excluding hydrogens is 260 g/mol. The molecule has 0 aromatic carbocycles. The molecule has 6 heteroatoms. The van der Waals surface area contributed by atoms with Crippen LogP contribution in [0.4, 0.5) is 5.82 Å². The number of anilines is 1. The van der Waals surface area contributed by atoms with E-state index in [4.69, 9.17) is 16.7 Å². The fourth-order valence-electron chi connectivity index (χ4n) is 1.31. The highest BCUT2D eigenvalue weighted by atomic mass is 35.5. The lowest BCUT2D eigenvalue weighted by Gasteiger charge is -2.07. The minimum absolute atomic E-state index is 0.0504. The molecule has 2 aromatic heterocycles. The molecule has 2 aromatic rings. The van der Waals surface area contributed by atoms with Crippen LogP contribution in [-0.4, -0.2) is 16.1 Å². The summed E-state index contributed by atoms with van der Waals surface area (Å²) in [5.41, 5.74) is 1.16. The van der Waals surface area contributed by atoms with Crippen LogP contribution in [0.15, 0.2) is 29.1 Å². The first-order valence-corrected chi connectivity index (χ1v) is 6.13. The molecule has 0 saturated carbocycles. The summed E-state index contributed by atoms with van der Waals surface area (Å²) in [6.45, 7) is 0.569. The predicted octanol–water partition coefficient (Wildman–Crippen LogP) is 3.11. The van der Waals surface area contributed by atoms with Crippen molar-refractivity contribution in [3.8, 4) is 0 Å². The number of pyridine rings is 1. The van der Waals surface area contributed by atoms with Crippen molar-refractivity contribution in [2.45, 2.75) is 6.54 Å². The van der Waals surface area contributed by atoms with E-state index in [1.165, 1.54) is 12.3 Å². The van der Waals surface area contributed by atoms with Crippen LogP contribution < -0.4 is 5.32 Å². The van der Waals surface area contributed by atoms with E-state index in [1.807, 2.05) is 16.8 Å². The number of nitrogens with zero attached hydrogens (tertiary/aromatic N) is 1. The number of aromatic carboxylic acids is 1. The first-order valence-electron chi connectivity index (χ1n) is 4.81. The SMILES string of the molecule is O=C(O)c1ccnc(NCc2ccsc2)c1Cl. The fraction of sp³-hybridized carbons (Fsp3) is 0.0909. The predicted molar refractivity (Wildman–Crippen MR) is 67.9 cm³/mol. The zero-order valence-electron chi connectivity index (χ0n) is 8.68. The molecule has 2 heterocycles. The van der Waals surface area contributed by atoms with Gasteiger partial charge in [0.25, 0.3) is 0 Å². The minimum Gasteiger partial charge on any atom is -0.478 e. The van der Waals surface area contributed by atoms with Crippen molar-refractivity contribution in [2.24, 2.45) is 0 Å². The topological polar surface area (TPSA) is 62.2 Å². The first kappa shape index (κ1) is 11.9. The average Bonchev–Trinajstić information content (AvgIpc) is 2.80.